The monoisotopic (exact) mass is 517 g/mol. The van der Waals surface area contributed by atoms with E-state index in [1.54, 1.807) is 6.26 Å². The number of ether oxygens (including phenoxy) is 2. The largest absolute Gasteiger partial charge is 0.469 e. The summed E-state index contributed by atoms with van der Waals surface area (Å²) in [5, 5.41) is 7.30. The number of nitrogens with one attached hydrogen (secondary N) is 2. The molecule has 1 aromatic heterocycles. The molecule has 3 aliphatic rings. The molecule has 7 heteroatoms. The molecule has 2 aliphatic carbocycles. The van der Waals surface area contributed by atoms with Crippen LogP contribution in [0.4, 0.5) is 0 Å². The number of hydrogen-bond donors (Lipinski definition) is 2. The van der Waals surface area contributed by atoms with E-state index in [0.717, 1.165) is 63.9 Å². The van der Waals surface area contributed by atoms with Crippen LogP contribution in [0.3, 0.4) is 0 Å². The first kappa shape index (κ1) is 22.9. The van der Waals surface area contributed by atoms with Gasteiger partial charge in [-0.05, 0) is 44.7 Å². The van der Waals surface area contributed by atoms with E-state index in [-0.39, 0.29) is 24.0 Å². The third kappa shape index (κ3) is 5.47. The minimum absolute atomic E-state index is 0. The summed E-state index contributed by atoms with van der Waals surface area (Å²) >= 11 is 0. The van der Waals surface area contributed by atoms with Gasteiger partial charge in [0.05, 0.1) is 19.0 Å². The molecule has 0 aromatic carbocycles. The van der Waals surface area contributed by atoms with Gasteiger partial charge in [0.1, 0.15) is 5.76 Å². The number of guanidine groups is 1. The Balaban J connectivity index is 0.00000240. The molecule has 0 amide bonds. The Morgan fingerprint density at radius 2 is 2.21 bits per heavy atom. The van der Waals surface area contributed by atoms with Crippen LogP contribution in [0.2, 0.25) is 0 Å². The van der Waals surface area contributed by atoms with Crippen molar-refractivity contribution in [1.29, 1.82) is 0 Å². The van der Waals surface area contributed by atoms with Gasteiger partial charge in [-0.3, -0.25) is 4.99 Å². The van der Waals surface area contributed by atoms with Crippen LogP contribution in [0.1, 0.15) is 51.2 Å². The number of nitrogens with zero attached hydrogens (tertiary/aromatic N) is 1. The van der Waals surface area contributed by atoms with E-state index in [2.05, 4.69) is 17.6 Å². The Bertz CT molecular complexity index is 625. The Labute approximate surface area is 191 Å². The topological polar surface area (TPSA) is 68.0 Å². The fourth-order valence-electron chi connectivity index (χ4n) is 5.11. The average Bonchev–Trinajstić information content (AvgIpc) is 3.48. The van der Waals surface area contributed by atoms with E-state index >= 15 is 0 Å². The average molecular weight is 517 g/mol. The van der Waals surface area contributed by atoms with Gasteiger partial charge < -0.3 is 24.5 Å². The van der Waals surface area contributed by atoms with Gasteiger partial charge in [-0.2, -0.15) is 0 Å². The molecule has 29 heavy (non-hydrogen) atoms. The van der Waals surface area contributed by atoms with Gasteiger partial charge in [0.15, 0.2) is 5.96 Å². The van der Waals surface area contributed by atoms with Crippen molar-refractivity contribution in [3.63, 3.8) is 0 Å². The lowest BCUT2D eigenvalue weighted by molar-refractivity contribution is -0.125. The highest BCUT2D eigenvalue weighted by Crippen LogP contribution is 2.54. The van der Waals surface area contributed by atoms with Gasteiger partial charge in [0, 0.05) is 50.1 Å². The molecular weight excluding hydrogens is 481 g/mol. The zero-order chi connectivity index (χ0) is 19.2. The van der Waals surface area contributed by atoms with E-state index in [0.29, 0.717) is 23.5 Å². The van der Waals surface area contributed by atoms with Crippen molar-refractivity contribution >= 4 is 29.9 Å². The Hall–Kier alpha value is -0.800. The van der Waals surface area contributed by atoms with Gasteiger partial charge in [-0.1, -0.05) is 12.8 Å². The van der Waals surface area contributed by atoms with Crippen LogP contribution in [0.25, 0.3) is 0 Å². The van der Waals surface area contributed by atoms with E-state index in [1.165, 1.54) is 25.7 Å². The lowest BCUT2D eigenvalue weighted by atomic mass is 9.60. The Morgan fingerprint density at radius 1 is 1.34 bits per heavy atom. The minimum atomic E-state index is 0. The van der Waals surface area contributed by atoms with Crippen LogP contribution in [0.15, 0.2) is 27.8 Å². The lowest BCUT2D eigenvalue weighted by Crippen LogP contribution is -2.65. The first-order chi connectivity index (χ1) is 13.8. The summed E-state index contributed by atoms with van der Waals surface area (Å²) in [6.07, 6.45) is 10.4. The molecule has 1 spiro atoms. The maximum absolute atomic E-state index is 6.07. The first-order valence-corrected chi connectivity index (χ1v) is 11.1. The normalized spacial score (nSPS) is 28.2. The smallest absolute Gasteiger partial charge is 0.191 e. The molecule has 0 bridgehead atoms. The van der Waals surface area contributed by atoms with Gasteiger partial charge >= 0.3 is 0 Å². The van der Waals surface area contributed by atoms with Gasteiger partial charge in [0.2, 0.25) is 0 Å². The molecule has 0 radical (unpaired) electrons. The molecule has 1 aliphatic heterocycles. The summed E-state index contributed by atoms with van der Waals surface area (Å²) in [4.78, 5) is 4.91. The summed E-state index contributed by atoms with van der Waals surface area (Å²) < 4.78 is 17.0. The van der Waals surface area contributed by atoms with Crippen molar-refractivity contribution in [3.8, 4) is 0 Å². The predicted octanol–water partition coefficient (Wildman–Crippen LogP) is 3.75. The maximum Gasteiger partial charge on any atom is 0.191 e. The van der Waals surface area contributed by atoms with Crippen molar-refractivity contribution in [3.05, 3.63) is 24.2 Å². The summed E-state index contributed by atoms with van der Waals surface area (Å²) in [6.45, 7) is 6.26. The second kappa shape index (κ2) is 11.0. The number of rotatable bonds is 8. The summed E-state index contributed by atoms with van der Waals surface area (Å²) in [5.41, 5.74) is 0.302. The van der Waals surface area contributed by atoms with E-state index in [1.807, 2.05) is 12.1 Å². The minimum Gasteiger partial charge on any atom is -0.469 e. The van der Waals surface area contributed by atoms with Crippen LogP contribution in [0, 0.1) is 11.3 Å². The molecule has 6 nitrogen and oxygen atoms in total. The molecule has 2 heterocycles. The van der Waals surface area contributed by atoms with Crippen LogP contribution in [0.5, 0.6) is 0 Å². The fourth-order valence-corrected chi connectivity index (χ4v) is 5.11. The van der Waals surface area contributed by atoms with Crippen molar-refractivity contribution in [2.24, 2.45) is 16.3 Å². The van der Waals surface area contributed by atoms with Crippen molar-refractivity contribution in [2.45, 2.75) is 64.0 Å². The van der Waals surface area contributed by atoms with Gasteiger partial charge in [-0.15, -0.1) is 24.0 Å². The van der Waals surface area contributed by atoms with Crippen molar-refractivity contribution < 1.29 is 13.9 Å². The molecule has 1 saturated heterocycles. The number of hydrogen-bond acceptors (Lipinski definition) is 4. The van der Waals surface area contributed by atoms with Crippen molar-refractivity contribution in [2.75, 3.05) is 32.9 Å². The quantitative estimate of drug-likeness (QED) is 0.313. The maximum atomic E-state index is 6.07. The zero-order valence-corrected chi connectivity index (χ0v) is 19.9. The molecule has 164 valence electrons. The third-order valence-corrected chi connectivity index (χ3v) is 6.77. The van der Waals surface area contributed by atoms with Crippen LogP contribution in [-0.2, 0) is 15.9 Å². The van der Waals surface area contributed by atoms with E-state index < -0.39 is 0 Å². The molecule has 1 aromatic rings. The number of aliphatic imine (C=N–C) groups is 1. The Morgan fingerprint density at radius 3 is 2.90 bits per heavy atom. The first-order valence-electron chi connectivity index (χ1n) is 11.1. The van der Waals surface area contributed by atoms with Gasteiger partial charge in [0.25, 0.3) is 0 Å². The SMILES string of the molecule is CCOC1CC(NC(=NCC2CCOC2)NCCc2ccco2)C12CCCC2.I. The third-order valence-electron chi connectivity index (χ3n) is 6.77. The Kier molecular flexibility index (Phi) is 8.68. The zero-order valence-electron chi connectivity index (χ0n) is 17.5. The lowest BCUT2D eigenvalue weighted by Gasteiger charge is -2.54. The highest BCUT2D eigenvalue weighted by Gasteiger charge is 2.56. The highest BCUT2D eigenvalue weighted by atomic mass is 127. The number of halogens is 1. The van der Waals surface area contributed by atoms with Crippen molar-refractivity contribution in [1.82, 2.24) is 10.6 Å². The highest BCUT2D eigenvalue weighted by molar-refractivity contribution is 14.0. The van der Waals surface area contributed by atoms with E-state index in [4.69, 9.17) is 18.9 Å². The molecule has 3 atom stereocenters. The molecule has 3 unspecified atom stereocenters. The second-order valence-corrected chi connectivity index (χ2v) is 8.49. The molecule has 4 rings (SSSR count). The predicted molar refractivity (Wildman–Crippen MR) is 125 cm³/mol. The molecule has 2 N–H and O–H groups in total. The molecular formula is C22H36IN3O3. The van der Waals surface area contributed by atoms with Gasteiger partial charge in [-0.25, -0.2) is 0 Å². The summed E-state index contributed by atoms with van der Waals surface area (Å²) in [6, 6.07) is 4.42. The number of furan rings is 1. The van der Waals surface area contributed by atoms with Crippen LogP contribution < -0.4 is 10.6 Å². The van der Waals surface area contributed by atoms with Crippen LogP contribution >= 0.6 is 24.0 Å². The summed E-state index contributed by atoms with van der Waals surface area (Å²) in [5.74, 6) is 2.48. The summed E-state index contributed by atoms with van der Waals surface area (Å²) in [7, 11) is 0. The second-order valence-electron chi connectivity index (χ2n) is 8.49. The standard InChI is InChI=1S/C22H35N3O3.HI/c1-2-27-20-14-19(22(20)9-3-4-10-22)25-21(24-15-17-8-13-26-16-17)23-11-7-18-6-5-12-28-18;/h5-6,12,17,19-20H,2-4,7-11,13-16H2,1H3,(H2,23,24,25);1H. The molecule has 2 saturated carbocycles. The fraction of sp³-hybridized carbons (Fsp3) is 0.773. The van der Waals surface area contributed by atoms with E-state index in [9.17, 15) is 0 Å². The molecule has 3 fully saturated rings. The van der Waals surface area contributed by atoms with Crippen LogP contribution in [-0.4, -0.2) is 51.0 Å².